The molecule has 2 aliphatic heterocycles. The lowest BCUT2D eigenvalue weighted by Gasteiger charge is -2.01. The fraction of sp³-hybridized carbons (Fsp3) is 0.217. The van der Waals surface area contributed by atoms with Crippen LogP contribution in [0.3, 0.4) is 0 Å². The molecular weight excluding hydrogens is 364 g/mol. The number of hydrogen-bond donors (Lipinski definition) is 2. The molecule has 146 valence electrons. The van der Waals surface area contributed by atoms with Gasteiger partial charge in [-0.25, -0.2) is 0 Å². The minimum absolute atomic E-state index is 0.873. The van der Waals surface area contributed by atoms with Gasteiger partial charge in [0.05, 0.1) is 19.4 Å². The molecule has 29 heavy (non-hydrogen) atoms. The number of rotatable bonds is 2. The van der Waals surface area contributed by atoms with E-state index < -0.39 is 0 Å². The van der Waals surface area contributed by atoms with Crippen LogP contribution in [0.15, 0.2) is 73.6 Å². The molecule has 6 heteroatoms. The molecule has 0 atom stereocenters. The average Bonchev–Trinajstić information content (AvgIpc) is 3.54. The van der Waals surface area contributed by atoms with Crippen molar-refractivity contribution in [3.63, 3.8) is 0 Å². The van der Waals surface area contributed by atoms with Crippen LogP contribution >= 0.6 is 0 Å². The molecule has 0 bridgehead atoms. The topological polar surface area (TPSA) is 75.1 Å². The Kier molecular flexibility index (Phi) is 4.52. The maximum absolute atomic E-state index is 5.53. The molecule has 0 saturated carbocycles. The summed E-state index contributed by atoms with van der Waals surface area (Å²) in [6.07, 6.45) is 1.71. The van der Waals surface area contributed by atoms with Crippen molar-refractivity contribution in [3.05, 3.63) is 71.7 Å². The second kappa shape index (κ2) is 7.47. The molecule has 2 aromatic heterocycles. The van der Waals surface area contributed by atoms with Crippen molar-refractivity contribution in [2.24, 2.45) is 9.98 Å². The van der Waals surface area contributed by atoms with Gasteiger partial charge in [-0.1, -0.05) is 0 Å². The van der Waals surface area contributed by atoms with E-state index >= 15 is 0 Å². The van der Waals surface area contributed by atoms with E-state index in [2.05, 4.69) is 32.8 Å². The molecule has 0 radical (unpaired) electrons. The number of nitrogens with one attached hydrogen (secondary N) is 2. The van der Waals surface area contributed by atoms with Crippen molar-refractivity contribution in [3.8, 4) is 0 Å². The second-order valence-electron chi connectivity index (χ2n) is 7.10. The van der Waals surface area contributed by atoms with E-state index in [1.165, 1.54) is 0 Å². The standard InChI is InChI=1S/C12H12N2O.C11H10N2O/c1-8-6-10-7-9(2-3-11(10)15-8)12-13-4-5-14-12;1-2-10-8(3-6-14-10)7-9(1)11-12-4-5-13-11/h2-3,6-7H,4-5H2,1H3,(H,13,14);1-3,6-7H,4-5H2,(H,12,13). The normalized spacial score (nSPS) is 15.5. The maximum atomic E-state index is 5.53. The van der Waals surface area contributed by atoms with Crippen LogP contribution in [0, 0.1) is 6.92 Å². The first kappa shape index (κ1) is 17.6. The molecule has 6 nitrogen and oxygen atoms in total. The monoisotopic (exact) mass is 386 g/mol. The maximum Gasteiger partial charge on any atom is 0.134 e. The Hall–Kier alpha value is -3.54. The van der Waals surface area contributed by atoms with Gasteiger partial charge < -0.3 is 19.5 Å². The van der Waals surface area contributed by atoms with Crippen molar-refractivity contribution in [2.45, 2.75) is 6.92 Å². The summed E-state index contributed by atoms with van der Waals surface area (Å²) in [6.45, 7) is 5.60. The van der Waals surface area contributed by atoms with E-state index in [4.69, 9.17) is 8.83 Å². The molecule has 0 spiro atoms. The van der Waals surface area contributed by atoms with Crippen LogP contribution in [0.4, 0.5) is 0 Å². The SMILES string of the molecule is Cc1cc2cc(C3=NCCN3)ccc2o1.c1cc2cc(C3=NCCN3)ccc2o1. The lowest BCUT2D eigenvalue weighted by atomic mass is 10.1. The number of aryl methyl sites for hydroxylation is 1. The minimum Gasteiger partial charge on any atom is -0.464 e. The van der Waals surface area contributed by atoms with Gasteiger partial charge in [0.2, 0.25) is 0 Å². The predicted molar refractivity (Wildman–Crippen MR) is 116 cm³/mol. The second-order valence-corrected chi connectivity index (χ2v) is 7.10. The van der Waals surface area contributed by atoms with Crippen LogP contribution in [-0.4, -0.2) is 37.9 Å². The van der Waals surface area contributed by atoms with Gasteiger partial charge in [-0.05, 0) is 55.5 Å². The Morgan fingerprint density at radius 1 is 0.759 bits per heavy atom. The first-order valence-corrected chi connectivity index (χ1v) is 9.81. The highest BCUT2D eigenvalue weighted by molar-refractivity contribution is 6.03. The Labute approximate surface area is 168 Å². The molecule has 2 aromatic carbocycles. The van der Waals surface area contributed by atoms with E-state index in [-0.39, 0.29) is 0 Å². The molecular formula is C23H22N4O2. The van der Waals surface area contributed by atoms with Crippen molar-refractivity contribution in [1.29, 1.82) is 0 Å². The average molecular weight is 386 g/mol. The molecule has 0 aliphatic carbocycles. The molecule has 0 saturated heterocycles. The van der Waals surface area contributed by atoms with E-state index in [9.17, 15) is 0 Å². The van der Waals surface area contributed by atoms with Gasteiger partial charge in [-0.15, -0.1) is 0 Å². The molecule has 0 unspecified atom stereocenters. The zero-order valence-corrected chi connectivity index (χ0v) is 16.2. The van der Waals surface area contributed by atoms with Crippen molar-refractivity contribution in [2.75, 3.05) is 26.2 Å². The van der Waals surface area contributed by atoms with Crippen LogP contribution in [0.1, 0.15) is 16.9 Å². The number of nitrogens with zero attached hydrogens (tertiary/aromatic N) is 2. The summed E-state index contributed by atoms with van der Waals surface area (Å²) < 4.78 is 10.8. The third-order valence-electron chi connectivity index (χ3n) is 4.99. The smallest absolute Gasteiger partial charge is 0.134 e. The molecule has 2 aliphatic rings. The fourth-order valence-corrected chi connectivity index (χ4v) is 3.62. The van der Waals surface area contributed by atoms with Crippen LogP contribution < -0.4 is 10.6 Å². The number of aliphatic imine (C=N–C) groups is 2. The van der Waals surface area contributed by atoms with Gasteiger partial charge in [0.15, 0.2) is 0 Å². The van der Waals surface area contributed by atoms with E-state index in [1.54, 1.807) is 6.26 Å². The number of fused-ring (bicyclic) bond motifs is 2. The quantitative estimate of drug-likeness (QED) is 0.548. The summed E-state index contributed by atoms with van der Waals surface area (Å²) in [5.74, 6) is 2.94. The van der Waals surface area contributed by atoms with E-state index in [0.717, 1.165) is 76.7 Å². The summed E-state index contributed by atoms with van der Waals surface area (Å²) in [5, 5.41) is 8.78. The van der Waals surface area contributed by atoms with Crippen molar-refractivity contribution >= 4 is 33.6 Å². The van der Waals surface area contributed by atoms with E-state index in [1.807, 2.05) is 43.3 Å². The van der Waals surface area contributed by atoms with Gasteiger partial charge in [-0.3, -0.25) is 9.98 Å². The molecule has 4 heterocycles. The number of hydrogen-bond acceptors (Lipinski definition) is 6. The molecule has 4 aromatic rings. The number of benzene rings is 2. The first-order chi connectivity index (χ1) is 14.3. The number of amidine groups is 2. The van der Waals surface area contributed by atoms with Crippen molar-refractivity contribution < 1.29 is 8.83 Å². The van der Waals surface area contributed by atoms with Crippen molar-refractivity contribution in [1.82, 2.24) is 10.6 Å². The van der Waals surface area contributed by atoms with Crippen LogP contribution in [0.5, 0.6) is 0 Å². The van der Waals surface area contributed by atoms with Gasteiger partial charge in [-0.2, -0.15) is 0 Å². The van der Waals surface area contributed by atoms with Gasteiger partial charge >= 0.3 is 0 Å². The lowest BCUT2D eigenvalue weighted by molar-refractivity contribution is 0.578. The highest BCUT2D eigenvalue weighted by Crippen LogP contribution is 2.21. The Bertz CT molecular complexity index is 1230. The molecule has 2 N–H and O–H groups in total. The summed E-state index contributed by atoms with van der Waals surface area (Å²) in [4.78, 5) is 8.77. The minimum atomic E-state index is 0.873. The Morgan fingerprint density at radius 3 is 2.07 bits per heavy atom. The zero-order chi connectivity index (χ0) is 19.6. The Morgan fingerprint density at radius 2 is 1.41 bits per heavy atom. The fourth-order valence-electron chi connectivity index (χ4n) is 3.62. The lowest BCUT2D eigenvalue weighted by Crippen LogP contribution is -2.19. The Balaban J connectivity index is 0.000000125. The highest BCUT2D eigenvalue weighted by atomic mass is 16.3. The summed E-state index contributed by atoms with van der Waals surface area (Å²) in [7, 11) is 0. The number of furan rings is 2. The highest BCUT2D eigenvalue weighted by Gasteiger charge is 2.10. The van der Waals surface area contributed by atoms with Crippen LogP contribution in [0.2, 0.25) is 0 Å². The third kappa shape index (κ3) is 3.61. The molecule has 0 fully saturated rings. The molecule has 0 amide bonds. The zero-order valence-electron chi connectivity index (χ0n) is 16.2. The largest absolute Gasteiger partial charge is 0.464 e. The summed E-state index contributed by atoms with van der Waals surface area (Å²) in [6, 6.07) is 16.3. The van der Waals surface area contributed by atoms with E-state index in [0.29, 0.717) is 0 Å². The summed E-state index contributed by atoms with van der Waals surface area (Å²) >= 11 is 0. The first-order valence-electron chi connectivity index (χ1n) is 9.81. The van der Waals surface area contributed by atoms with Crippen LogP contribution in [0.25, 0.3) is 21.9 Å². The van der Waals surface area contributed by atoms with Gasteiger partial charge in [0.1, 0.15) is 28.6 Å². The van der Waals surface area contributed by atoms with Gasteiger partial charge in [0, 0.05) is 35.0 Å². The summed E-state index contributed by atoms with van der Waals surface area (Å²) in [5.41, 5.74) is 4.14. The third-order valence-corrected chi connectivity index (χ3v) is 4.99. The van der Waals surface area contributed by atoms with Crippen LogP contribution in [-0.2, 0) is 0 Å². The molecule has 6 rings (SSSR count). The predicted octanol–water partition coefficient (Wildman–Crippen LogP) is 3.87. The van der Waals surface area contributed by atoms with Gasteiger partial charge in [0.25, 0.3) is 0 Å².